The first kappa shape index (κ1) is 18.7. The Morgan fingerprint density at radius 2 is 1.70 bits per heavy atom. The van der Waals surface area contributed by atoms with E-state index in [0.717, 1.165) is 0 Å². The third-order valence-corrected chi connectivity index (χ3v) is 3.16. The number of amides is 1. The zero-order valence-electron chi connectivity index (χ0n) is 13.7. The molecule has 2 atom stereocenters. The van der Waals surface area contributed by atoms with Crippen LogP contribution in [0.15, 0.2) is 30.3 Å². The highest BCUT2D eigenvalue weighted by atomic mass is 16.6. The average molecular weight is 321 g/mol. The van der Waals surface area contributed by atoms with Crippen LogP contribution < -0.4 is 5.32 Å². The third-order valence-electron chi connectivity index (χ3n) is 3.16. The van der Waals surface area contributed by atoms with Crippen LogP contribution in [0.2, 0.25) is 0 Å². The van der Waals surface area contributed by atoms with E-state index in [1.807, 2.05) is 6.07 Å². The normalized spacial score (nSPS) is 12.8. The van der Waals surface area contributed by atoms with Crippen molar-refractivity contribution in [2.24, 2.45) is 0 Å². The van der Waals surface area contributed by atoms with Crippen molar-refractivity contribution in [2.75, 3.05) is 6.61 Å². The topological polar surface area (TPSA) is 81.7 Å². The fraction of sp³-hybridized carbons (Fsp3) is 0.471. The van der Waals surface area contributed by atoms with E-state index < -0.39 is 24.1 Å². The molecule has 2 unspecified atom stereocenters. The molecule has 1 amide bonds. The minimum absolute atomic E-state index is 0.167. The summed E-state index contributed by atoms with van der Waals surface area (Å²) in [7, 11) is 0. The van der Waals surface area contributed by atoms with Crippen LogP contribution in [0.5, 0.6) is 0 Å². The molecule has 126 valence electrons. The van der Waals surface area contributed by atoms with Crippen LogP contribution in [-0.4, -0.2) is 30.5 Å². The smallest absolute Gasteiger partial charge is 0.332 e. The van der Waals surface area contributed by atoms with Crippen molar-refractivity contribution in [3.8, 4) is 0 Å². The highest BCUT2D eigenvalue weighted by Crippen LogP contribution is 2.23. The number of hydrogen-bond acceptors (Lipinski definition) is 5. The van der Waals surface area contributed by atoms with E-state index in [1.54, 1.807) is 45.0 Å². The molecule has 0 saturated carbocycles. The summed E-state index contributed by atoms with van der Waals surface area (Å²) in [6.45, 7) is 5.17. The van der Waals surface area contributed by atoms with Gasteiger partial charge >= 0.3 is 11.9 Å². The molecule has 1 aromatic rings. The third kappa shape index (κ3) is 5.73. The molecule has 23 heavy (non-hydrogen) atoms. The molecule has 1 aromatic carbocycles. The number of carbonyl (C=O) groups is 3. The van der Waals surface area contributed by atoms with Gasteiger partial charge in [-0.2, -0.15) is 0 Å². The molecule has 0 bridgehead atoms. The molecule has 1 rings (SSSR count). The molecule has 0 aliphatic rings. The first-order valence-corrected chi connectivity index (χ1v) is 7.73. The Labute approximate surface area is 136 Å². The second kappa shape index (κ2) is 9.61. The number of carbonyl (C=O) groups excluding carboxylic acids is 3. The van der Waals surface area contributed by atoms with Gasteiger partial charge in [0, 0.05) is 12.8 Å². The number of benzene rings is 1. The number of esters is 2. The summed E-state index contributed by atoms with van der Waals surface area (Å²) in [5.41, 5.74) is 0.615. The van der Waals surface area contributed by atoms with Crippen molar-refractivity contribution in [1.29, 1.82) is 0 Å². The molecule has 0 aliphatic carbocycles. The van der Waals surface area contributed by atoms with Crippen LogP contribution in [-0.2, 0) is 23.9 Å². The standard InChI is InChI=1S/C17H23NO5/c1-4-13(19)18-15(17(21)22-6-3)16(23-14(20)5-2)12-10-8-7-9-11-12/h7-11,15-16H,4-6H2,1-3H3,(H,18,19). The Bertz CT molecular complexity index is 529. The zero-order chi connectivity index (χ0) is 17.2. The van der Waals surface area contributed by atoms with Crippen LogP contribution >= 0.6 is 0 Å². The van der Waals surface area contributed by atoms with Crippen LogP contribution in [0.4, 0.5) is 0 Å². The van der Waals surface area contributed by atoms with Gasteiger partial charge in [-0.1, -0.05) is 44.2 Å². The van der Waals surface area contributed by atoms with E-state index in [9.17, 15) is 14.4 Å². The van der Waals surface area contributed by atoms with Gasteiger partial charge < -0.3 is 14.8 Å². The SMILES string of the molecule is CCOC(=O)C(NC(=O)CC)C(OC(=O)CC)c1ccccc1. The van der Waals surface area contributed by atoms with Gasteiger partial charge in [0.25, 0.3) is 0 Å². The van der Waals surface area contributed by atoms with E-state index in [1.165, 1.54) is 0 Å². The summed E-state index contributed by atoms with van der Waals surface area (Å²) < 4.78 is 10.4. The van der Waals surface area contributed by atoms with E-state index in [-0.39, 0.29) is 25.4 Å². The lowest BCUT2D eigenvalue weighted by Crippen LogP contribution is -2.47. The maximum atomic E-state index is 12.3. The van der Waals surface area contributed by atoms with Crippen LogP contribution in [0, 0.1) is 0 Å². The average Bonchev–Trinajstić information content (AvgIpc) is 2.58. The van der Waals surface area contributed by atoms with Crippen molar-refractivity contribution in [3.05, 3.63) is 35.9 Å². The quantitative estimate of drug-likeness (QED) is 0.742. The molecule has 0 heterocycles. The molecular formula is C17H23NO5. The Hall–Kier alpha value is -2.37. The van der Waals surface area contributed by atoms with Gasteiger partial charge in [-0.3, -0.25) is 9.59 Å². The summed E-state index contributed by atoms with van der Waals surface area (Å²) in [5, 5.41) is 2.59. The van der Waals surface area contributed by atoms with Crippen LogP contribution in [0.25, 0.3) is 0 Å². The van der Waals surface area contributed by atoms with Gasteiger partial charge in [0.05, 0.1) is 6.61 Å². The summed E-state index contributed by atoms with van der Waals surface area (Å²) in [6, 6.07) is 7.74. The number of ether oxygens (including phenoxy) is 2. The van der Waals surface area contributed by atoms with E-state index in [4.69, 9.17) is 9.47 Å². The Balaban J connectivity index is 3.16. The zero-order valence-corrected chi connectivity index (χ0v) is 13.7. The Morgan fingerprint density at radius 3 is 2.22 bits per heavy atom. The molecule has 0 aliphatic heterocycles. The molecule has 6 nitrogen and oxygen atoms in total. The summed E-state index contributed by atoms with van der Waals surface area (Å²) >= 11 is 0. The predicted molar refractivity (Wildman–Crippen MR) is 84.4 cm³/mol. The minimum Gasteiger partial charge on any atom is -0.464 e. The van der Waals surface area contributed by atoms with Gasteiger partial charge in [0.1, 0.15) is 0 Å². The van der Waals surface area contributed by atoms with Crippen molar-refractivity contribution >= 4 is 17.8 Å². The molecular weight excluding hydrogens is 298 g/mol. The highest BCUT2D eigenvalue weighted by molar-refractivity contribution is 5.85. The second-order valence-electron chi connectivity index (χ2n) is 4.83. The first-order chi connectivity index (χ1) is 11.0. The lowest BCUT2D eigenvalue weighted by molar-refractivity contribution is -0.160. The molecule has 1 N–H and O–H groups in total. The molecule has 0 aromatic heterocycles. The second-order valence-corrected chi connectivity index (χ2v) is 4.83. The fourth-order valence-corrected chi connectivity index (χ4v) is 1.96. The van der Waals surface area contributed by atoms with Gasteiger partial charge in [-0.15, -0.1) is 0 Å². The molecule has 0 radical (unpaired) electrons. The largest absolute Gasteiger partial charge is 0.464 e. The van der Waals surface area contributed by atoms with Crippen LogP contribution in [0.1, 0.15) is 45.3 Å². The van der Waals surface area contributed by atoms with Crippen molar-refractivity contribution in [2.45, 2.75) is 45.8 Å². The van der Waals surface area contributed by atoms with Gasteiger partial charge in [-0.25, -0.2) is 4.79 Å². The summed E-state index contributed by atoms with van der Waals surface area (Å²) in [4.78, 5) is 35.8. The molecule has 0 saturated heterocycles. The summed E-state index contributed by atoms with van der Waals surface area (Å²) in [6.07, 6.45) is -0.557. The molecule has 6 heteroatoms. The Morgan fingerprint density at radius 1 is 1.04 bits per heavy atom. The first-order valence-electron chi connectivity index (χ1n) is 7.73. The van der Waals surface area contributed by atoms with Gasteiger partial charge in [-0.05, 0) is 12.5 Å². The molecule has 0 spiro atoms. The maximum Gasteiger partial charge on any atom is 0.332 e. The number of rotatable bonds is 8. The van der Waals surface area contributed by atoms with E-state index in [2.05, 4.69) is 5.32 Å². The lowest BCUT2D eigenvalue weighted by atomic mass is 10.0. The van der Waals surface area contributed by atoms with E-state index in [0.29, 0.717) is 5.56 Å². The maximum absolute atomic E-state index is 12.3. The summed E-state index contributed by atoms with van der Waals surface area (Å²) in [5.74, 6) is -1.41. The number of nitrogens with one attached hydrogen (secondary N) is 1. The minimum atomic E-state index is -1.08. The monoisotopic (exact) mass is 321 g/mol. The fourth-order valence-electron chi connectivity index (χ4n) is 1.96. The van der Waals surface area contributed by atoms with Crippen molar-refractivity contribution in [1.82, 2.24) is 5.32 Å². The lowest BCUT2D eigenvalue weighted by Gasteiger charge is -2.26. The number of hydrogen-bond donors (Lipinski definition) is 1. The van der Waals surface area contributed by atoms with Crippen molar-refractivity contribution in [3.63, 3.8) is 0 Å². The predicted octanol–water partition coefficient (Wildman–Crippen LogP) is 2.14. The van der Waals surface area contributed by atoms with Gasteiger partial charge in [0.15, 0.2) is 12.1 Å². The highest BCUT2D eigenvalue weighted by Gasteiger charge is 2.34. The molecule has 0 fully saturated rings. The Kier molecular flexibility index (Phi) is 7.80. The van der Waals surface area contributed by atoms with Crippen LogP contribution in [0.3, 0.4) is 0 Å². The van der Waals surface area contributed by atoms with E-state index >= 15 is 0 Å². The van der Waals surface area contributed by atoms with Crippen molar-refractivity contribution < 1.29 is 23.9 Å². The van der Waals surface area contributed by atoms with Gasteiger partial charge in [0.2, 0.25) is 5.91 Å².